The van der Waals surface area contributed by atoms with E-state index < -0.39 is 0 Å². The first-order valence-electron chi connectivity index (χ1n) is 23.4. The molecule has 0 saturated heterocycles. The summed E-state index contributed by atoms with van der Waals surface area (Å²) in [6, 6.07) is 20.0. The second kappa shape index (κ2) is 23.1. The minimum atomic E-state index is 0.372. The molecule has 0 N–H and O–H groups in total. The molecule has 0 aliphatic heterocycles. The van der Waals surface area contributed by atoms with Gasteiger partial charge in [0.2, 0.25) is 0 Å². The number of allylic oxidation sites excluding steroid dienone is 5. The van der Waals surface area contributed by atoms with Gasteiger partial charge < -0.3 is 0 Å². The fraction of sp³-hybridized carbons (Fsp3) is 0.614. The lowest BCUT2D eigenvalue weighted by Crippen LogP contribution is -2.32. The van der Waals surface area contributed by atoms with Crippen LogP contribution in [0.5, 0.6) is 0 Å². The molecule has 0 heterocycles. The lowest BCUT2D eigenvalue weighted by molar-refractivity contribution is 0.171. The van der Waals surface area contributed by atoms with E-state index in [2.05, 4.69) is 144 Å². The van der Waals surface area contributed by atoms with E-state index >= 15 is 0 Å². The molecule has 1 aliphatic carbocycles. The van der Waals surface area contributed by atoms with Gasteiger partial charge in [0.25, 0.3) is 0 Å². The molecule has 0 radical (unpaired) electrons. The van der Waals surface area contributed by atoms with Crippen molar-refractivity contribution < 1.29 is 0 Å². The van der Waals surface area contributed by atoms with Crippen LogP contribution in [0.25, 0.3) is 0 Å². The number of hydrogen-bond acceptors (Lipinski definition) is 0. The fourth-order valence-electron chi connectivity index (χ4n) is 11.3. The molecule has 57 heavy (non-hydrogen) atoms. The summed E-state index contributed by atoms with van der Waals surface area (Å²) >= 11 is 0. The van der Waals surface area contributed by atoms with Crippen LogP contribution < -0.4 is 0 Å². The minimum Gasteiger partial charge on any atom is -0.0996 e. The highest BCUT2D eigenvalue weighted by Crippen LogP contribution is 2.49. The predicted octanol–water partition coefficient (Wildman–Crippen LogP) is 16.9. The summed E-state index contributed by atoms with van der Waals surface area (Å²) in [6.07, 6.45) is 11.4. The average molecular weight is 773 g/mol. The normalized spacial score (nSPS) is 20.6. The molecular weight excluding hydrogens is 685 g/mol. The summed E-state index contributed by atoms with van der Waals surface area (Å²) in [4.78, 5) is 0. The zero-order chi connectivity index (χ0) is 42.6. The summed E-state index contributed by atoms with van der Waals surface area (Å²) in [5, 5.41) is 0. The molecule has 2 aromatic carbocycles. The monoisotopic (exact) mass is 773 g/mol. The van der Waals surface area contributed by atoms with Gasteiger partial charge >= 0.3 is 0 Å². The first-order chi connectivity index (χ1) is 26.9. The van der Waals surface area contributed by atoms with Crippen LogP contribution in [0.2, 0.25) is 0 Å². The molecule has 1 saturated carbocycles. The van der Waals surface area contributed by atoms with Crippen molar-refractivity contribution in [2.24, 2.45) is 76.9 Å². The van der Waals surface area contributed by atoms with Crippen molar-refractivity contribution in [1.29, 1.82) is 0 Å². The third kappa shape index (κ3) is 13.6. The van der Waals surface area contributed by atoms with Gasteiger partial charge in [-0.15, -0.1) is 0 Å². The zero-order valence-electron chi connectivity index (χ0n) is 39.3. The van der Waals surface area contributed by atoms with Crippen molar-refractivity contribution >= 4 is 0 Å². The smallest absolute Gasteiger partial charge is 0.00668 e. The van der Waals surface area contributed by atoms with E-state index in [9.17, 15) is 0 Å². The van der Waals surface area contributed by atoms with Crippen molar-refractivity contribution in [3.8, 4) is 0 Å². The SMILES string of the molecule is C=C(C[C@@H](C)[C@@H](C(C)C(=C)[C@@H](CC(=C)[C@@H](CC)C(C)C)C(C)C)[C@@H](C)CC)C1CCC[C@H]1[C@H](C)[C@@H](C)C(=C)C[C@@H](Cc1ccccc1)C(=C)Cc1ccc(C)cc1. The number of rotatable bonds is 25. The Balaban J connectivity index is 1.74. The van der Waals surface area contributed by atoms with Crippen molar-refractivity contribution in [1.82, 2.24) is 0 Å². The Hall–Kier alpha value is -2.86. The lowest BCUT2D eigenvalue weighted by Gasteiger charge is -2.40. The molecule has 0 spiro atoms. The van der Waals surface area contributed by atoms with Crippen LogP contribution in [0.1, 0.15) is 144 Å². The summed E-state index contributed by atoms with van der Waals surface area (Å²) in [7, 11) is 0. The van der Waals surface area contributed by atoms with Gasteiger partial charge in [-0.3, -0.25) is 0 Å². The van der Waals surface area contributed by atoms with Gasteiger partial charge in [0.1, 0.15) is 0 Å². The Bertz CT molecular complexity index is 1560. The molecule has 3 rings (SSSR count). The van der Waals surface area contributed by atoms with E-state index in [1.165, 1.54) is 76.7 Å². The molecule has 11 atom stereocenters. The van der Waals surface area contributed by atoms with Crippen molar-refractivity contribution in [2.75, 3.05) is 0 Å². The van der Waals surface area contributed by atoms with Crippen LogP contribution in [-0.4, -0.2) is 0 Å². The average Bonchev–Trinajstić information content (AvgIpc) is 3.67. The van der Waals surface area contributed by atoms with E-state index in [1.807, 2.05) is 0 Å². The van der Waals surface area contributed by atoms with Crippen LogP contribution in [0.15, 0.2) is 115 Å². The summed E-state index contributed by atoms with van der Waals surface area (Å²) < 4.78 is 0. The van der Waals surface area contributed by atoms with Gasteiger partial charge in [0.15, 0.2) is 0 Å². The van der Waals surface area contributed by atoms with E-state index in [0.717, 1.165) is 32.1 Å². The number of aryl methyl sites for hydroxylation is 1. The maximum atomic E-state index is 4.93. The Morgan fingerprint density at radius 3 is 1.79 bits per heavy atom. The summed E-state index contributed by atoms with van der Waals surface area (Å²) in [5.74, 6) is 7.17. The number of benzene rings is 2. The van der Waals surface area contributed by atoms with Crippen molar-refractivity contribution in [3.05, 3.63) is 132 Å². The Morgan fingerprint density at radius 1 is 0.614 bits per heavy atom. The van der Waals surface area contributed by atoms with Gasteiger partial charge in [-0.05, 0) is 146 Å². The molecule has 1 aliphatic rings. The molecule has 0 aromatic heterocycles. The Kier molecular flexibility index (Phi) is 19.6. The first-order valence-corrected chi connectivity index (χ1v) is 23.4. The highest BCUT2D eigenvalue weighted by molar-refractivity contribution is 5.28. The predicted molar refractivity (Wildman–Crippen MR) is 255 cm³/mol. The Morgan fingerprint density at radius 2 is 1.23 bits per heavy atom. The van der Waals surface area contributed by atoms with Gasteiger partial charge in [-0.2, -0.15) is 0 Å². The molecule has 316 valence electrons. The molecule has 0 amide bonds. The molecule has 0 nitrogen and oxygen atoms in total. The molecule has 0 heteroatoms. The van der Waals surface area contributed by atoms with E-state index in [4.69, 9.17) is 26.3 Å². The van der Waals surface area contributed by atoms with Crippen LogP contribution in [-0.2, 0) is 12.8 Å². The van der Waals surface area contributed by atoms with Crippen LogP contribution in [0.4, 0.5) is 0 Å². The maximum absolute atomic E-state index is 4.93. The van der Waals surface area contributed by atoms with E-state index in [0.29, 0.717) is 76.9 Å². The first kappa shape index (κ1) is 48.5. The van der Waals surface area contributed by atoms with Gasteiger partial charge in [-0.1, -0.05) is 210 Å². The second-order valence-corrected chi connectivity index (χ2v) is 20.1. The molecule has 2 aromatic rings. The third-order valence-corrected chi connectivity index (χ3v) is 15.4. The highest BCUT2D eigenvalue weighted by Gasteiger charge is 2.39. The molecule has 2 unspecified atom stereocenters. The highest BCUT2D eigenvalue weighted by atomic mass is 14.4. The molecule has 1 fully saturated rings. The van der Waals surface area contributed by atoms with E-state index in [-0.39, 0.29) is 0 Å². The van der Waals surface area contributed by atoms with Gasteiger partial charge in [-0.25, -0.2) is 0 Å². The van der Waals surface area contributed by atoms with Gasteiger partial charge in [0.05, 0.1) is 0 Å². The van der Waals surface area contributed by atoms with E-state index in [1.54, 1.807) is 0 Å². The van der Waals surface area contributed by atoms with Gasteiger partial charge in [0, 0.05) is 0 Å². The molecule has 0 bridgehead atoms. The number of hydrogen-bond donors (Lipinski definition) is 0. The van der Waals surface area contributed by atoms with Crippen molar-refractivity contribution in [2.45, 2.75) is 147 Å². The second-order valence-electron chi connectivity index (χ2n) is 20.1. The fourth-order valence-corrected chi connectivity index (χ4v) is 11.3. The standard InChI is InChI=1S/C57H88/c1-18-40(8)57(49(17)48(16)56(38(5)6)35-44(12)53(19-2)37(3)4)45(13)32-43(11)54-26-23-27-55(54)47(15)46(14)41(9)34-52(36-50-24-21-20-22-25-50)42(10)33-51-30-28-39(7)29-31-51/h20-22,24-25,28-31,37-38,40,45-47,49,52-57H,9-12,16,18-19,23,26-27,32-36H2,1-8,13-15,17H3/t40-,45+,46-,47+,49?,52-,53-,54?,55-,56-,57-/m0/s1. The molecular formula is C57H88. The topological polar surface area (TPSA) is 0 Å². The largest absolute Gasteiger partial charge is 0.0996 e. The Labute approximate surface area is 354 Å². The summed E-state index contributed by atoms with van der Waals surface area (Å²) in [5.41, 5.74) is 11.1. The lowest BCUT2D eigenvalue weighted by atomic mass is 9.65. The minimum absolute atomic E-state index is 0.372. The third-order valence-electron chi connectivity index (χ3n) is 15.4. The summed E-state index contributed by atoms with van der Waals surface area (Å²) in [6.45, 7) is 53.0. The zero-order valence-corrected chi connectivity index (χ0v) is 39.3. The van der Waals surface area contributed by atoms with Crippen LogP contribution in [0.3, 0.4) is 0 Å². The van der Waals surface area contributed by atoms with Crippen LogP contribution in [0, 0.1) is 83.9 Å². The van der Waals surface area contributed by atoms with Crippen LogP contribution >= 0.6 is 0 Å². The maximum Gasteiger partial charge on any atom is -0.00668 e. The van der Waals surface area contributed by atoms with Crippen molar-refractivity contribution in [3.63, 3.8) is 0 Å². The quantitative estimate of drug-likeness (QED) is 0.0882.